The van der Waals surface area contributed by atoms with Gasteiger partial charge in [-0.15, -0.1) is 0 Å². The van der Waals surface area contributed by atoms with Crippen molar-refractivity contribution in [3.8, 4) is 28.6 Å². The van der Waals surface area contributed by atoms with Crippen molar-refractivity contribution in [2.45, 2.75) is 0 Å². The Kier molecular flexibility index (Phi) is 4.96. The van der Waals surface area contributed by atoms with E-state index >= 15 is 0 Å². The molecular weight excluding hydrogens is 513 g/mol. The van der Waals surface area contributed by atoms with Crippen molar-refractivity contribution < 1.29 is 4.74 Å². The van der Waals surface area contributed by atoms with Crippen LogP contribution in [0.5, 0.6) is 11.5 Å². The second kappa shape index (κ2) is 8.98. The van der Waals surface area contributed by atoms with Crippen molar-refractivity contribution in [1.82, 2.24) is 9.55 Å². The largest absolute Gasteiger partial charge is 0.458 e. The van der Waals surface area contributed by atoms with Crippen LogP contribution in [-0.4, -0.2) is 16.3 Å². The molecule has 0 saturated heterocycles. The van der Waals surface area contributed by atoms with E-state index in [0.717, 1.165) is 56.7 Å². The summed E-state index contributed by atoms with van der Waals surface area (Å²) in [6, 6.07) is 51.0. The number of anilines is 3. The molecule has 0 unspecified atom stereocenters. The number of imidazole rings is 1. The molecule has 2 aliphatic heterocycles. The van der Waals surface area contributed by atoms with Crippen LogP contribution in [0.4, 0.5) is 17.1 Å². The van der Waals surface area contributed by atoms with Gasteiger partial charge in [-0.3, -0.25) is 4.57 Å². The first-order valence-corrected chi connectivity index (χ1v) is 14.3. The molecule has 0 spiro atoms. The summed E-state index contributed by atoms with van der Waals surface area (Å²) in [6.45, 7) is 0.0485. The first kappa shape index (κ1) is 23.2. The van der Waals surface area contributed by atoms with E-state index in [4.69, 9.17) is 9.72 Å². The normalized spacial score (nSPS) is 12.4. The molecule has 7 aromatic rings. The topological polar surface area (TPSA) is 30.3 Å². The van der Waals surface area contributed by atoms with Gasteiger partial charge in [0.2, 0.25) is 0 Å². The van der Waals surface area contributed by atoms with Crippen LogP contribution in [0.1, 0.15) is 0 Å². The van der Waals surface area contributed by atoms with E-state index in [0.29, 0.717) is 0 Å². The maximum atomic E-state index is 6.76. The summed E-state index contributed by atoms with van der Waals surface area (Å²) in [5.41, 5.74) is 11.1. The van der Waals surface area contributed by atoms with Crippen molar-refractivity contribution in [1.29, 1.82) is 0 Å². The molecule has 0 aliphatic carbocycles. The van der Waals surface area contributed by atoms with E-state index in [1.54, 1.807) is 0 Å². The fourth-order valence-corrected chi connectivity index (χ4v) is 6.70. The Bertz CT molecular complexity index is 2080. The highest BCUT2D eigenvalue weighted by atomic mass is 16.5. The van der Waals surface area contributed by atoms with Crippen LogP contribution in [0.15, 0.2) is 146 Å². The molecule has 42 heavy (non-hydrogen) atoms. The Hall–Kier alpha value is -5.55. The van der Waals surface area contributed by atoms with E-state index in [1.807, 2.05) is 0 Å². The number of nitrogens with zero attached hydrogens (tertiary/aromatic N) is 3. The summed E-state index contributed by atoms with van der Waals surface area (Å²) in [5.74, 6) is 2.71. The van der Waals surface area contributed by atoms with Gasteiger partial charge in [-0.25, -0.2) is 4.98 Å². The first-order chi connectivity index (χ1) is 20.8. The van der Waals surface area contributed by atoms with Gasteiger partial charge >= 0.3 is 0 Å². The minimum atomic E-state index is 0.0485. The van der Waals surface area contributed by atoms with Crippen molar-refractivity contribution in [2.24, 2.45) is 0 Å². The highest BCUT2D eigenvalue weighted by molar-refractivity contribution is 6.99. The van der Waals surface area contributed by atoms with Crippen LogP contribution in [0.2, 0.25) is 0 Å². The van der Waals surface area contributed by atoms with Gasteiger partial charge in [-0.1, -0.05) is 97.1 Å². The number of aromatic nitrogens is 2. The van der Waals surface area contributed by atoms with E-state index < -0.39 is 0 Å². The molecule has 0 saturated carbocycles. The number of hydrogen-bond donors (Lipinski definition) is 0. The number of rotatable bonds is 4. The van der Waals surface area contributed by atoms with Gasteiger partial charge in [-0.05, 0) is 58.9 Å². The van der Waals surface area contributed by atoms with E-state index in [2.05, 4.69) is 155 Å². The SMILES string of the molecule is c1ccc(-c2nc3cccc4c3n2-c2cc(N(c3ccccc3)c3ccccc3)cc3c2B4c2ccccc2O3)cc1. The van der Waals surface area contributed by atoms with Gasteiger partial charge in [0, 0.05) is 28.7 Å². The molecule has 0 bridgehead atoms. The highest BCUT2D eigenvalue weighted by Gasteiger charge is 2.41. The Morgan fingerprint density at radius 1 is 0.571 bits per heavy atom. The predicted octanol–water partition coefficient (Wildman–Crippen LogP) is 7.10. The number of para-hydroxylation sites is 4. The third-order valence-electron chi connectivity index (χ3n) is 8.42. The minimum Gasteiger partial charge on any atom is -0.458 e. The molecule has 6 aromatic carbocycles. The Labute approximate surface area is 244 Å². The molecule has 4 nitrogen and oxygen atoms in total. The lowest BCUT2D eigenvalue weighted by molar-refractivity contribution is 0.487. The van der Waals surface area contributed by atoms with Gasteiger partial charge in [0.15, 0.2) is 0 Å². The zero-order valence-corrected chi connectivity index (χ0v) is 22.7. The maximum Gasteiger partial charge on any atom is 0.256 e. The molecule has 5 heteroatoms. The second-order valence-electron chi connectivity index (χ2n) is 10.8. The number of hydrogen-bond acceptors (Lipinski definition) is 3. The summed E-state index contributed by atoms with van der Waals surface area (Å²) in [6.07, 6.45) is 0. The Balaban J connectivity index is 1.40. The van der Waals surface area contributed by atoms with Gasteiger partial charge in [0.05, 0.1) is 16.7 Å². The average Bonchev–Trinajstić information content (AvgIpc) is 3.45. The van der Waals surface area contributed by atoms with Crippen molar-refractivity contribution in [2.75, 3.05) is 4.90 Å². The molecular formula is C37H24BN3O. The number of benzene rings is 6. The van der Waals surface area contributed by atoms with E-state index in [1.165, 1.54) is 16.4 Å². The second-order valence-corrected chi connectivity index (χ2v) is 10.8. The van der Waals surface area contributed by atoms with Gasteiger partial charge in [-0.2, -0.15) is 0 Å². The zero-order chi connectivity index (χ0) is 27.6. The fourth-order valence-electron chi connectivity index (χ4n) is 6.70. The third-order valence-corrected chi connectivity index (χ3v) is 8.42. The van der Waals surface area contributed by atoms with Crippen LogP contribution >= 0.6 is 0 Å². The highest BCUT2D eigenvalue weighted by Crippen LogP contribution is 2.41. The molecule has 0 amide bonds. The fraction of sp³-hybridized carbons (Fsp3) is 0. The van der Waals surface area contributed by atoms with Crippen molar-refractivity contribution >= 4 is 51.2 Å². The van der Waals surface area contributed by atoms with E-state index in [-0.39, 0.29) is 6.71 Å². The summed E-state index contributed by atoms with van der Waals surface area (Å²) >= 11 is 0. The predicted molar refractivity (Wildman–Crippen MR) is 172 cm³/mol. The monoisotopic (exact) mass is 537 g/mol. The van der Waals surface area contributed by atoms with Crippen LogP contribution in [-0.2, 0) is 0 Å². The zero-order valence-electron chi connectivity index (χ0n) is 22.7. The quantitative estimate of drug-likeness (QED) is 0.225. The molecule has 0 fully saturated rings. The third kappa shape index (κ3) is 3.34. The lowest BCUT2D eigenvalue weighted by atomic mass is 9.34. The Morgan fingerprint density at radius 3 is 1.95 bits per heavy atom. The van der Waals surface area contributed by atoms with Gasteiger partial charge in [0.1, 0.15) is 17.3 Å². The molecule has 3 heterocycles. The van der Waals surface area contributed by atoms with Crippen LogP contribution < -0.4 is 26.0 Å². The molecule has 1 aromatic heterocycles. The van der Waals surface area contributed by atoms with Crippen LogP contribution in [0, 0.1) is 0 Å². The van der Waals surface area contributed by atoms with Crippen molar-refractivity contribution in [3.63, 3.8) is 0 Å². The minimum absolute atomic E-state index is 0.0485. The maximum absolute atomic E-state index is 6.76. The first-order valence-electron chi connectivity index (χ1n) is 14.3. The summed E-state index contributed by atoms with van der Waals surface area (Å²) < 4.78 is 9.11. The van der Waals surface area contributed by atoms with Crippen LogP contribution in [0.3, 0.4) is 0 Å². The number of fused-ring (bicyclic) bond motifs is 4. The molecule has 0 N–H and O–H groups in total. The summed E-state index contributed by atoms with van der Waals surface area (Å²) in [4.78, 5) is 7.53. The lowest BCUT2D eigenvalue weighted by Gasteiger charge is -2.35. The summed E-state index contributed by atoms with van der Waals surface area (Å²) in [7, 11) is 0. The van der Waals surface area contributed by atoms with Gasteiger partial charge < -0.3 is 9.64 Å². The smallest absolute Gasteiger partial charge is 0.256 e. The van der Waals surface area contributed by atoms with Crippen molar-refractivity contribution in [3.05, 3.63) is 146 Å². The molecule has 0 atom stereocenters. The Morgan fingerprint density at radius 2 is 1.21 bits per heavy atom. The molecule has 2 aliphatic rings. The average molecular weight is 537 g/mol. The lowest BCUT2D eigenvalue weighted by Crippen LogP contribution is -2.58. The van der Waals surface area contributed by atoms with E-state index in [9.17, 15) is 0 Å². The molecule has 9 rings (SSSR count). The van der Waals surface area contributed by atoms with Crippen LogP contribution in [0.25, 0.3) is 28.1 Å². The number of ether oxygens (including phenoxy) is 1. The van der Waals surface area contributed by atoms with Gasteiger partial charge in [0.25, 0.3) is 6.71 Å². The molecule has 196 valence electrons. The summed E-state index contributed by atoms with van der Waals surface area (Å²) in [5, 5.41) is 0. The molecule has 0 radical (unpaired) electrons. The standard InChI is InChI=1S/C37H24BN3O/c1-4-13-25(14-5-1)37-39-31-21-12-20-30-36(31)41(37)32-23-28(24-34-35(32)38(30)29-19-10-11-22-33(29)42-34)40(26-15-6-2-7-16-26)27-17-8-3-9-18-27/h1-24H.